The first-order valence-electron chi connectivity index (χ1n) is 6.66. The van der Waals surface area contributed by atoms with E-state index in [1.54, 1.807) is 0 Å². The Bertz CT molecular complexity index is 1230. The van der Waals surface area contributed by atoms with E-state index < -0.39 is 31.1 Å². The molecule has 0 aliphatic carbocycles. The molecule has 0 fully saturated rings. The first-order chi connectivity index (χ1) is 11.7. The molecule has 1 aromatic heterocycles. The van der Waals surface area contributed by atoms with Gasteiger partial charge in [-0.05, 0) is 30.3 Å². The number of benzene rings is 2. The number of nitrogens with one attached hydrogen (secondary N) is 1. The van der Waals surface area contributed by atoms with Crippen LogP contribution in [0.25, 0.3) is 10.9 Å². The normalized spacial score (nSPS) is 11.6. The van der Waals surface area contributed by atoms with Crippen molar-refractivity contribution in [2.45, 2.75) is 4.90 Å². The van der Waals surface area contributed by atoms with Crippen molar-refractivity contribution in [3.8, 4) is 0 Å². The van der Waals surface area contributed by atoms with Crippen LogP contribution >= 0.6 is 11.6 Å². The number of aromatic nitrogens is 2. The molecule has 0 aliphatic heterocycles. The van der Waals surface area contributed by atoms with Crippen LogP contribution in [-0.4, -0.2) is 22.3 Å². The summed E-state index contributed by atoms with van der Waals surface area (Å²) in [5, 5.41) is 10.9. The predicted octanol–water partition coefficient (Wildman–Crippen LogP) is 1.49. The second-order valence-corrected chi connectivity index (χ2v) is 7.17. The van der Waals surface area contributed by atoms with E-state index in [0.29, 0.717) is 0 Å². The topological polar surface area (TPSA) is 132 Å². The molecule has 1 N–H and O–H groups in total. The second kappa shape index (κ2) is 5.83. The van der Waals surface area contributed by atoms with Gasteiger partial charge in [-0.2, -0.15) is 0 Å². The Morgan fingerprint density at radius 2 is 1.72 bits per heavy atom. The molecule has 0 bridgehead atoms. The van der Waals surface area contributed by atoms with Crippen molar-refractivity contribution in [1.82, 2.24) is 8.96 Å². The van der Waals surface area contributed by atoms with E-state index in [9.17, 15) is 28.1 Å². The van der Waals surface area contributed by atoms with E-state index in [1.165, 1.54) is 18.2 Å². The number of nitro benzene ring substituents is 1. The Balaban J connectivity index is 2.27. The molecule has 0 spiro atoms. The number of halogens is 1. The van der Waals surface area contributed by atoms with Gasteiger partial charge in [-0.15, -0.1) is 3.97 Å². The minimum atomic E-state index is -4.54. The van der Waals surface area contributed by atoms with Gasteiger partial charge in [0.05, 0.1) is 20.7 Å². The molecule has 0 unspecified atom stereocenters. The smallest absolute Gasteiger partial charge is 0.306 e. The van der Waals surface area contributed by atoms with Gasteiger partial charge < -0.3 is 4.98 Å². The third kappa shape index (κ3) is 2.81. The lowest BCUT2D eigenvalue weighted by Gasteiger charge is -2.08. The van der Waals surface area contributed by atoms with Gasteiger partial charge in [-0.1, -0.05) is 11.6 Å². The largest absolute Gasteiger partial charge is 0.343 e. The molecule has 0 saturated carbocycles. The Labute approximate surface area is 144 Å². The zero-order valence-corrected chi connectivity index (χ0v) is 13.7. The van der Waals surface area contributed by atoms with Crippen molar-refractivity contribution in [3.63, 3.8) is 0 Å². The van der Waals surface area contributed by atoms with Gasteiger partial charge in [0.15, 0.2) is 0 Å². The highest BCUT2D eigenvalue weighted by Gasteiger charge is 2.23. The predicted molar refractivity (Wildman–Crippen MR) is 89.5 cm³/mol. The van der Waals surface area contributed by atoms with Crippen molar-refractivity contribution in [2.24, 2.45) is 0 Å². The van der Waals surface area contributed by atoms with Crippen molar-refractivity contribution < 1.29 is 13.3 Å². The molecule has 0 aliphatic rings. The number of H-pyrrole nitrogens is 1. The molecule has 9 nitrogen and oxygen atoms in total. The van der Waals surface area contributed by atoms with Crippen LogP contribution in [0, 0.1) is 10.1 Å². The highest BCUT2D eigenvalue weighted by atomic mass is 35.5. The summed E-state index contributed by atoms with van der Waals surface area (Å²) in [5.41, 5.74) is -2.45. The van der Waals surface area contributed by atoms with E-state index in [2.05, 4.69) is 4.98 Å². The highest BCUT2D eigenvalue weighted by molar-refractivity contribution is 7.90. The molecule has 2 aromatic carbocycles. The quantitative estimate of drug-likeness (QED) is 0.540. The minimum Gasteiger partial charge on any atom is -0.306 e. The standard InChI is InChI=1S/C14H8ClN3O6S/c15-8-1-6-11-12(7-8)16-14(20)17(13(11)19)25(23,24)10-4-2-9(3-5-10)18(21)22/h1-7H,(H,16,20). The third-order valence-corrected chi connectivity index (χ3v) is 5.32. The molecular formula is C14H8ClN3O6S. The van der Waals surface area contributed by atoms with Crippen LogP contribution in [0.5, 0.6) is 0 Å². The van der Waals surface area contributed by atoms with Gasteiger partial charge in [-0.3, -0.25) is 14.9 Å². The summed E-state index contributed by atoms with van der Waals surface area (Å²) in [6.07, 6.45) is 0. The van der Waals surface area contributed by atoms with E-state index in [0.717, 1.165) is 24.3 Å². The fourth-order valence-corrected chi connectivity index (χ4v) is 3.68. The molecule has 0 radical (unpaired) electrons. The molecule has 25 heavy (non-hydrogen) atoms. The molecule has 1 heterocycles. The maximum Gasteiger partial charge on any atom is 0.343 e. The second-order valence-electron chi connectivity index (χ2n) is 4.95. The van der Waals surface area contributed by atoms with Crippen LogP contribution in [0.15, 0.2) is 56.9 Å². The fraction of sp³-hybridized carbons (Fsp3) is 0. The first-order valence-corrected chi connectivity index (χ1v) is 8.48. The monoisotopic (exact) mass is 381 g/mol. The Hall–Kier alpha value is -2.98. The molecule has 0 saturated heterocycles. The van der Waals surface area contributed by atoms with Gasteiger partial charge in [-0.25, -0.2) is 13.2 Å². The van der Waals surface area contributed by atoms with Crippen molar-refractivity contribution in [2.75, 3.05) is 0 Å². The van der Waals surface area contributed by atoms with Crippen LogP contribution < -0.4 is 11.2 Å². The number of non-ortho nitro benzene ring substituents is 1. The maximum atomic E-state index is 12.6. The average Bonchev–Trinajstić information content (AvgIpc) is 2.54. The summed E-state index contributed by atoms with van der Waals surface area (Å²) in [6, 6.07) is 7.82. The zero-order valence-electron chi connectivity index (χ0n) is 12.2. The Morgan fingerprint density at radius 1 is 1.08 bits per heavy atom. The van der Waals surface area contributed by atoms with Gasteiger partial charge in [0.1, 0.15) is 0 Å². The van der Waals surface area contributed by atoms with Gasteiger partial charge >= 0.3 is 5.69 Å². The van der Waals surface area contributed by atoms with E-state index in [-0.39, 0.29) is 25.6 Å². The van der Waals surface area contributed by atoms with Crippen molar-refractivity contribution >= 4 is 38.2 Å². The molecule has 11 heteroatoms. The Kier molecular flexibility index (Phi) is 3.93. The van der Waals surface area contributed by atoms with Crippen LogP contribution in [-0.2, 0) is 10.0 Å². The summed E-state index contributed by atoms with van der Waals surface area (Å²) < 4.78 is 25.3. The number of hydrogen-bond donors (Lipinski definition) is 1. The number of hydrogen-bond acceptors (Lipinski definition) is 6. The molecule has 0 amide bonds. The number of nitro groups is 1. The lowest BCUT2D eigenvalue weighted by atomic mass is 10.2. The minimum absolute atomic E-state index is 0.0468. The summed E-state index contributed by atoms with van der Waals surface area (Å²) in [7, 11) is -4.54. The summed E-state index contributed by atoms with van der Waals surface area (Å²) >= 11 is 5.79. The lowest BCUT2D eigenvalue weighted by molar-refractivity contribution is -0.384. The van der Waals surface area contributed by atoms with E-state index >= 15 is 0 Å². The summed E-state index contributed by atoms with van der Waals surface area (Å²) in [4.78, 5) is 36.4. The van der Waals surface area contributed by atoms with Crippen molar-refractivity contribution in [1.29, 1.82) is 0 Å². The number of nitrogens with zero attached hydrogens (tertiary/aromatic N) is 2. The molecule has 3 rings (SSSR count). The average molecular weight is 382 g/mol. The fourth-order valence-electron chi connectivity index (χ4n) is 2.24. The molecule has 0 atom stereocenters. The van der Waals surface area contributed by atoms with Crippen LogP contribution in [0.4, 0.5) is 5.69 Å². The van der Waals surface area contributed by atoms with Crippen LogP contribution in [0.1, 0.15) is 0 Å². The number of fused-ring (bicyclic) bond motifs is 1. The number of aromatic amines is 1. The van der Waals surface area contributed by atoms with E-state index in [4.69, 9.17) is 11.6 Å². The Morgan fingerprint density at radius 3 is 2.32 bits per heavy atom. The summed E-state index contributed by atoms with van der Waals surface area (Å²) in [5.74, 6) is 0. The van der Waals surface area contributed by atoms with Gasteiger partial charge in [0.25, 0.3) is 21.3 Å². The zero-order chi connectivity index (χ0) is 18.4. The van der Waals surface area contributed by atoms with Crippen LogP contribution in [0.3, 0.4) is 0 Å². The highest BCUT2D eigenvalue weighted by Crippen LogP contribution is 2.18. The van der Waals surface area contributed by atoms with Gasteiger partial charge in [0, 0.05) is 17.2 Å². The molecular weight excluding hydrogens is 374 g/mol. The third-order valence-electron chi connectivity index (χ3n) is 3.41. The summed E-state index contributed by atoms with van der Waals surface area (Å²) in [6.45, 7) is 0. The first kappa shape index (κ1) is 16.9. The van der Waals surface area contributed by atoms with Crippen molar-refractivity contribution in [3.05, 3.63) is 78.4 Å². The molecule has 128 valence electrons. The van der Waals surface area contributed by atoms with E-state index in [1.807, 2.05) is 0 Å². The molecule has 3 aromatic rings. The number of rotatable bonds is 3. The lowest BCUT2D eigenvalue weighted by Crippen LogP contribution is -2.39. The SMILES string of the molecule is O=c1[nH]c2cc(Cl)ccc2c(=O)n1S(=O)(=O)c1ccc([N+](=O)[O-])cc1. The maximum absolute atomic E-state index is 12.6. The van der Waals surface area contributed by atoms with Gasteiger partial charge in [0.2, 0.25) is 0 Å². The van der Waals surface area contributed by atoms with Crippen LogP contribution in [0.2, 0.25) is 5.02 Å².